The van der Waals surface area contributed by atoms with E-state index in [-0.39, 0.29) is 4.90 Å². The van der Waals surface area contributed by atoms with Crippen LogP contribution in [0.1, 0.15) is 34.1 Å². The first kappa shape index (κ1) is 17.2. The van der Waals surface area contributed by atoms with Crippen molar-refractivity contribution < 1.29 is 8.42 Å². The van der Waals surface area contributed by atoms with Gasteiger partial charge in [-0.15, -0.1) is 10.2 Å². The average Bonchev–Trinajstić information content (AvgIpc) is 2.90. The highest BCUT2D eigenvalue weighted by molar-refractivity contribution is 7.99. The largest absolute Gasteiger partial charge is 0.276 e. The number of thioether (sulfide) groups is 1. The van der Waals surface area contributed by atoms with E-state index >= 15 is 0 Å². The molecule has 0 saturated heterocycles. The Morgan fingerprint density at radius 1 is 1.23 bits per heavy atom. The van der Waals surface area contributed by atoms with Crippen LogP contribution in [0.25, 0.3) is 5.65 Å². The van der Waals surface area contributed by atoms with Gasteiger partial charge >= 0.3 is 0 Å². The molecule has 22 heavy (non-hydrogen) atoms. The predicted octanol–water partition coefficient (Wildman–Crippen LogP) is 2.65. The molecule has 0 amide bonds. The van der Waals surface area contributed by atoms with E-state index in [9.17, 15) is 8.42 Å². The Balaban J connectivity index is 2.47. The van der Waals surface area contributed by atoms with E-state index in [4.69, 9.17) is 0 Å². The number of aromatic nitrogens is 3. The lowest BCUT2D eigenvalue weighted by molar-refractivity contribution is 0.445. The second-order valence-electron chi connectivity index (χ2n) is 5.00. The smallest absolute Gasteiger partial charge is 0.244 e. The van der Waals surface area contributed by atoms with Crippen LogP contribution in [0.15, 0.2) is 28.4 Å². The van der Waals surface area contributed by atoms with E-state index in [0.29, 0.717) is 24.0 Å². The second-order valence-corrected chi connectivity index (χ2v) is 8.35. The van der Waals surface area contributed by atoms with Crippen molar-refractivity contribution in [1.29, 1.82) is 0 Å². The molecule has 0 aliphatic heterocycles. The first-order chi connectivity index (χ1) is 10.4. The lowest BCUT2D eigenvalue weighted by Gasteiger charge is -2.18. The predicted molar refractivity (Wildman–Crippen MR) is 88.7 cm³/mol. The molecule has 6 nitrogen and oxygen atoms in total. The van der Waals surface area contributed by atoms with Gasteiger partial charge in [-0.3, -0.25) is 4.40 Å². The summed E-state index contributed by atoms with van der Waals surface area (Å²) in [6, 6.07) is 3.29. The van der Waals surface area contributed by atoms with Crippen LogP contribution < -0.4 is 0 Å². The van der Waals surface area contributed by atoms with Crippen molar-refractivity contribution in [1.82, 2.24) is 18.9 Å². The van der Waals surface area contributed by atoms with E-state index in [2.05, 4.69) is 24.0 Å². The highest BCUT2D eigenvalue weighted by atomic mass is 32.2. The Hall–Kier alpha value is -1.12. The van der Waals surface area contributed by atoms with Crippen LogP contribution in [0.3, 0.4) is 0 Å². The first-order valence-electron chi connectivity index (χ1n) is 7.45. The molecule has 0 N–H and O–H groups in total. The monoisotopic (exact) mass is 342 g/mol. The zero-order valence-corrected chi connectivity index (χ0v) is 15.0. The third kappa shape index (κ3) is 3.28. The van der Waals surface area contributed by atoms with Crippen LogP contribution in [-0.2, 0) is 10.0 Å². The van der Waals surface area contributed by atoms with E-state index in [0.717, 1.165) is 11.6 Å². The van der Waals surface area contributed by atoms with Gasteiger partial charge in [-0.1, -0.05) is 39.5 Å². The summed E-state index contributed by atoms with van der Waals surface area (Å²) in [5.74, 6) is 0. The van der Waals surface area contributed by atoms with Crippen molar-refractivity contribution in [3.8, 4) is 0 Å². The zero-order valence-electron chi connectivity index (χ0n) is 13.4. The number of hydrogen-bond acceptors (Lipinski definition) is 5. The summed E-state index contributed by atoms with van der Waals surface area (Å²) in [7, 11) is -3.47. The third-order valence-corrected chi connectivity index (χ3v) is 6.83. The van der Waals surface area contributed by atoms with Gasteiger partial charge in [0.1, 0.15) is 0 Å². The molecule has 2 aromatic heterocycles. The minimum atomic E-state index is -3.47. The fourth-order valence-corrected chi connectivity index (χ4v) is 4.39. The van der Waals surface area contributed by atoms with Crippen LogP contribution in [0.5, 0.6) is 0 Å². The fourth-order valence-electron chi connectivity index (χ4n) is 2.06. The Labute approximate surface area is 136 Å². The minimum absolute atomic E-state index is 0.273. The molecule has 0 bridgehead atoms. The molecule has 1 atom stereocenters. The number of fused-ring (bicyclic) bond motifs is 1. The maximum absolute atomic E-state index is 12.6. The van der Waals surface area contributed by atoms with Gasteiger partial charge in [0, 0.05) is 24.5 Å². The van der Waals surface area contributed by atoms with Gasteiger partial charge < -0.3 is 0 Å². The molecule has 1 unspecified atom stereocenters. The normalized spacial score (nSPS) is 13.9. The summed E-state index contributed by atoms with van der Waals surface area (Å²) in [5, 5.41) is 9.38. The number of rotatable bonds is 7. The van der Waals surface area contributed by atoms with E-state index < -0.39 is 10.0 Å². The van der Waals surface area contributed by atoms with Crippen molar-refractivity contribution in [2.75, 3.05) is 13.1 Å². The molecule has 0 aromatic carbocycles. The molecule has 0 radical (unpaired) electrons. The molecular weight excluding hydrogens is 320 g/mol. The quantitative estimate of drug-likeness (QED) is 0.724. The number of pyridine rings is 1. The SMILES string of the molecule is CCC(C)Sc1nnc2ccc(S(=O)(=O)N(CC)CC)cn12. The Morgan fingerprint density at radius 3 is 2.50 bits per heavy atom. The van der Waals surface area contributed by atoms with Gasteiger partial charge in [-0.25, -0.2) is 8.42 Å². The number of hydrogen-bond donors (Lipinski definition) is 0. The van der Waals surface area contributed by atoms with Crippen molar-refractivity contribution >= 4 is 27.4 Å². The summed E-state index contributed by atoms with van der Waals surface area (Å²) in [5.41, 5.74) is 0.657. The van der Waals surface area contributed by atoms with Crippen LogP contribution in [-0.4, -0.2) is 45.7 Å². The molecule has 2 aromatic rings. The first-order valence-corrected chi connectivity index (χ1v) is 9.77. The second kappa shape index (κ2) is 6.97. The van der Waals surface area contributed by atoms with Gasteiger partial charge in [-0.2, -0.15) is 4.31 Å². The van der Waals surface area contributed by atoms with Gasteiger partial charge in [-0.05, 0) is 18.6 Å². The third-order valence-electron chi connectivity index (χ3n) is 3.57. The molecule has 0 fully saturated rings. The molecule has 2 heterocycles. The highest BCUT2D eigenvalue weighted by Crippen LogP contribution is 2.25. The number of sulfonamides is 1. The van der Waals surface area contributed by atoms with Crippen molar-refractivity contribution in [3.63, 3.8) is 0 Å². The molecule has 2 rings (SSSR count). The van der Waals surface area contributed by atoms with Gasteiger partial charge in [0.25, 0.3) is 0 Å². The Morgan fingerprint density at radius 2 is 1.91 bits per heavy atom. The van der Waals surface area contributed by atoms with Gasteiger partial charge in [0.05, 0.1) is 4.90 Å². The van der Waals surface area contributed by atoms with E-state index in [1.807, 2.05) is 13.8 Å². The molecular formula is C14H22N4O2S2. The van der Waals surface area contributed by atoms with E-state index in [1.54, 1.807) is 34.5 Å². The van der Waals surface area contributed by atoms with Crippen LogP contribution >= 0.6 is 11.8 Å². The molecule has 0 aliphatic carbocycles. The van der Waals surface area contributed by atoms with Crippen LogP contribution in [0, 0.1) is 0 Å². The van der Waals surface area contributed by atoms with Crippen molar-refractivity contribution in [2.45, 2.75) is 49.4 Å². The number of nitrogens with zero attached hydrogens (tertiary/aromatic N) is 4. The summed E-state index contributed by atoms with van der Waals surface area (Å²) in [6.07, 6.45) is 2.63. The standard InChI is InChI=1S/C14H22N4O2S2/c1-5-11(4)21-14-16-15-13-9-8-12(10-18(13)14)22(19,20)17(6-2)7-3/h8-11H,5-7H2,1-4H3. The Kier molecular flexibility index (Phi) is 5.46. The van der Waals surface area contributed by atoms with Gasteiger partial charge in [0.2, 0.25) is 10.0 Å². The Bertz CT molecular complexity index is 738. The molecule has 122 valence electrons. The molecule has 0 spiro atoms. The average molecular weight is 342 g/mol. The van der Waals surface area contributed by atoms with Crippen molar-refractivity contribution in [3.05, 3.63) is 18.3 Å². The van der Waals surface area contributed by atoms with E-state index in [1.165, 1.54) is 4.31 Å². The lowest BCUT2D eigenvalue weighted by atomic mass is 10.4. The van der Waals surface area contributed by atoms with Gasteiger partial charge in [0.15, 0.2) is 10.8 Å². The molecule has 8 heteroatoms. The van der Waals surface area contributed by atoms with Crippen LogP contribution in [0.2, 0.25) is 0 Å². The summed E-state index contributed by atoms with van der Waals surface area (Å²) in [4.78, 5) is 0.273. The maximum atomic E-state index is 12.6. The summed E-state index contributed by atoms with van der Waals surface area (Å²) >= 11 is 1.60. The topological polar surface area (TPSA) is 67.6 Å². The fraction of sp³-hybridized carbons (Fsp3) is 0.571. The molecule has 0 saturated carbocycles. The molecule has 0 aliphatic rings. The lowest BCUT2D eigenvalue weighted by Crippen LogP contribution is -2.30. The highest BCUT2D eigenvalue weighted by Gasteiger charge is 2.23. The minimum Gasteiger partial charge on any atom is -0.276 e. The van der Waals surface area contributed by atoms with Crippen molar-refractivity contribution in [2.24, 2.45) is 0 Å². The van der Waals surface area contributed by atoms with Crippen LogP contribution in [0.4, 0.5) is 0 Å². The summed E-state index contributed by atoms with van der Waals surface area (Å²) in [6.45, 7) is 8.80. The summed E-state index contributed by atoms with van der Waals surface area (Å²) < 4.78 is 28.4. The maximum Gasteiger partial charge on any atom is 0.244 e. The zero-order chi connectivity index (χ0) is 16.3.